The topological polar surface area (TPSA) is 19.7 Å². The van der Waals surface area contributed by atoms with Gasteiger partial charge in [0.15, 0.2) is 5.69 Å². The van der Waals surface area contributed by atoms with Gasteiger partial charge >= 0.3 is 0 Å². The van der Waals surface area contributed by atoms with E-state index in [9.17, 15) is 0 Å². The summed E-state index contributed by atoms with van der Waals surface area (Å²) in [6, 6.07) is 26.7. The average molecular weight is 575 g/mol. The van der Waals surface area contributed by atoms with Crippen LogP contribution in [0.1, 0.15) is 94.2 Å². The maximum absolute atomic E-state index is 3.76. The van der Waals surface area contributed by atoms with E-state index in [1.807, 2.05) is 0 Å². The van der Waals surface area contributed by atoms with Crippen molar-refractivity contribution in [3.05, 3.63) is 101 Å². The number of hydrogen-bond donors (Lipinski definition) is 2. The Morgan fingerprint density at radius 1 is 0.711 bits per heavy atom. The molecule has 2 N–H and O–H groups in total. The van der Waals surface area contributed by atoms with Gasteiger partial charge in [-0.05, 0) is 53.1 Å². The lowest BCUT2D eigenvalue weighted by Crippen LogP contribution is -3.09. The Balaban J connectivity index is 0.00000336. The fourth-order valence-corrected chi connectivity index (χ4v) is 5.86. The molecule has 2 aliphatic rings. The number of nitrogens with one attached hydrogen (secondary N) is 2. The molecule has 0 amide bonds. The van der Waals surface area contributed by atoms with Crippen molar-refractivity contribution in [2.75, 3.05) is 0 Å². The van der Waals surface area contributed by atoms with Gasteiger partial charge in [0.05, 0.1) is 12.2 Å². The minimum Gasteiger partial charge on any atom is -1.00 e. The Kier molecular flexibility index (Phi) is 11.0. The van der Waals surface area contributed by atoms with E-state index >= 15 is 0 Å². The summed E-state index contributed by atoms with van der Waals surface area (Å²) in [5.74, 6) is 0. The van der Waals surface area contributed by atoms with Crippen molar-refractivity contribution >= 4 is 5.69 Å². The minimum absolute atomic E-state index is 0. The number of halogens is 1. The standard InChI is InChI=1S/C34H43N3.BrH/c1-2-3-4-5-6-7-8-9-10-14-20-32-27-37(35-36(32)26-28-17-12-11-13-18-28)31-22-23-34-30(25-31)24-29-19-15-16-21-33(29)34;/h11-13,15-19,21-23,25,27,35H,2-10,14,20,24,26H2,1H3;1H. The summed E-state index contributed by atoms with van der Waals surface area (Å²) in [6.07, 6.45) is 18.4. The highest BCUT2D eigenvalue weighted by Gasteiger charge is 2.28. The van der Waals surface area contributed by atoms with E-state index in [1.54, 1.807) is 0 Å². The number of hydrazine groups is 1. The molecule has 0 saturated carbocycles. The molecule has 1 aliphatic carbocycles. The van der Waals surface area contributed by atoms with Crippen LogP contribution in [0.2, 0.25) is 0 Å². The summed E-state index contributed by atoms with van der Waals surface area (Å²) in [5.41, 5.74) is 13.5. The van der Waals surface area contributed by atoms with Gasteiger partial charge in [0.1, 0.15) is 6.20 Å². The Hall–Kier alpha value is -2.40. The molecule has 5 rings (SSSR count). The minimum atomic E-state index is 0. The molecular formula is C34H44BrN3. The molecule has 202 valence electrons. The molecule has 0 aromatic heterocycles. The second-order valence-electron chi connectivity index (χ2n) is 10.9. The van der Waals surface area contributed by atoms with Gasteiger partial charge in [-0.1, -0.05) is 125 Å². The maximum atomic E-state index is 3.76. The summed E-state index contributed by atoms with van der Waals surface area (Å²) in [6.45, 7) is 3.19. The summed E-state index contributed by atoms with van der Waals surface area (Å²) in [5, 5.41) is 3.61. The Bertz CT molecular complexity index is 1170. The van der Waals surface area contributed by atoms with E-state index in [2.05, 4.69) is 96.5 Å². The molecule has 1 heterocycles. The van der Waals surface area contributed by atoms with Crippen molar-refractivity contribution in [2.24, 2.45) is 0 Å². The van der Waals surface area contributed by atoms with Gasteiger partial charge in [-0.3, -0.25) is 5.01 Å². The molecule has 0 saturated heterocycles. The first-order valence-corrected chi connectivity index (χ1v) is 14.7. The zero-order valence-electron chi connectivity index (χ0n) is 23.0. The zero-order valence-corrected chi connectivity index (χ0v) is 24.6. The van der Waals surface area contributed by atoms with Crippen molar-refractivity contribution in [2.45, 2.75) is 90.5 Å². The van der Waals surface area contributed by atoms with Gasteiger partial charge in [0, 0.05) is 12.1 Å². The number of unbranched alkanes of at least 4 members (excludes halogenated alkanes) is 9. The largest absolute Gasteiger partial charge is 1.00 e. The third-order valence-electron chi connectivity index (χ3n) is 7.99. The fourth-order valence-electron chi connectivity index (χ4n) is 5.86. The number of benzene rings is 3. The quantitative estimate of drug-likeness (QED) is 0.210. The monoisotopic (exact) mass is 573 g/mol. The van der Waals surface area contributed by atoms with Gasteiger partial charge < -0.3 is 17.0 Å². The molecule has 0 bridgehead atoms. The highest BCUT2D eigenvalue weighted by molar-refractivity contribution is 5.77. The van der Waals surface area contributed by atoms with Crippen LogP contribution in [-0.2, 0) is 13.0 Å². The highest BCUT2D eigenvalue weighted by atomic mass is 79.9. The average Bonchev–Trinajstić information content (AvgIpc) is 3.51. The number of hydrogen-bond acceptors (Lipinski definition) is 2. The molecule has 0 fully saturated rings. The Morgan fingerprint density at radius 3 is 2.13 bits per heavy atom. The van der Waals surface area contributed by atoms with Crippen LogP contribution in [-0.4, -0.2) is 5.01 Å². The first kappa shape index (κ1) is 28.6. The van der Waals surface area contributed by atoms with Gasteiger partial charge in [0.2, 0.25) is 0 Å². The van der Waals surface area contributed by atoms with Crippen LogP contribution >= 0.6 is 0 Å². The van der Waals surface area contributed by atoms with E-state index in [1.165, 1.54) is 108 Å². The lowest BCUT2D eigenvalue weighted by atomic mass is 10.0. The second-order valence-corrected chi connectivity index (χ2v) is 10.9. The summed E-state index contributed by atoms with van der Waals surface area (Å²) in [7, 11) is 0. The number of rotatable bonds is 14. The van der Waals surface area contributed by atoms with Gasteiger partial charge in [-0.25, -0.2) is 0 Å². The van der Waals surface area contributed by atoms with Crippen LogP contribution < -0.4 is 27.5 Å². The first-order chi connectivity index (χ1) is 18.3. The molecule has 0 spiro atoms. The maximum Gasteiger partial charge on any atom is 0.157 e. The van der Waals surface area contributed by atoms with Crippen LogP contribution in [0.3, 0.4) is 0 Å². The third-order valence-corrected chi connectivity index (χ3v) is 7.99. The van der Waals surface area contributed by atoms with Crippen molar-refractivity contribution < 1.29 is 22.0 Å². The first-order valence-electron chi connectivity index (χ1n) is 14.7. The molecule has 1 aliphatic heterocycles. The molecular weight excluding hydrogens is 530 g/mol. The number of allylic oxidation sites excluding steroid dienone is 1. The normalized spacial score (nSPS) is 15.7. The van der Waals surface area contributed by atoms with Gasteiger partial charge in [-0.2, -0.15) is 5.01 Å². The molecule has 3 aromatic carbocycles. The van der Waals surface area contributed by atoms with Crippen LogP contribution in [0, 0.1) is 0 Å². The van der Waals surface area contributed by atoms with E-state index < -0.39 is 0 Å². The summed E-state index contributed by atoms with van der Waals surface area (Å²) < 4.78 is 0. The highest BCUT2D eigenvalue weighted by Crippen LogP contribution is 2.37. The van der Waals surface area contributed by atoms with Crippen molar-refractivity contribution in [1.29, 1.82) is 0 Å². The van der Waals surface area contributed by atoms with Gasteiger partial charge in [-0.15, -0.1) is 0 Å². The van der Waals surface area contributed by atoms with E-state index in [-0.39, 0.29) is 17.0 Å². The van der Waals surface area contributed by atoms with E-state index in [4.69, 9.17) is 0 Å². The predicted molar refractivity (Wildman–Crippen MR) is 155 cm³/mol. The van der Waals surface area contributed by atoms with Crippen molar-refractivity contribution in [3.63, 3.8) is 0 Å². The SMILES string of the molecule is CCCCCCCCCCCCC1=C[NH+](c2ccc3c(c2)Cc2ccccc2-3)NN1Cc1ccccc1.[Br-]. The molecule has 38 heavy (non-hydrogen) atoms. The van der Waals surface area contributed by atoms with Crippen LogP contribution in [0.15, 0.2) is 84.7 Å². The summed E-state index contributed by atoms with van der Waals surface area (Å²) in [4.78, 5) is 0. The Morgan fingerprint density at radius 2 is 1.37 bits per heavy atom. The van der Waals surface area contributed by atoms with E-state index in [0.29, 0.717) is 0 Å². The zero-order chi connectivity index (χ0) is 25.3. The molecule has 3 nitrogen and oxygen atoms in total. The molecule has 0 radical (unpaired) electrons. The number of fused-ring (bicyclic) bond motifs is 3. The van der Waals surface area contributed by atoms with Crippen molar-refractivity contribution in [3.8, 4) is 11.1 Å². The smallest absolute Gasteiger partial charge is 0.157 e. The third kappa shape index (κ3) is 7.37. The van der Waals surface area contributed by atoms with Crippen molar-refractivity contribution in [1.82, 2.24) is 10.5 Å². The predicted octanol–water partition coefficient (Wildman–Crippen LogP) is 4.87. The van der Waals surface area contributed by atoms with Crippen LogP contribution in [0.25, 0.3) is 11.1 Å². The van der Waals surface area contributed by atoms with E-state index in [0.717, 1.165) is 19.4 Å². The lowest BCUT2D eigenvalue weighted by molar-refractivity contribution is -0.835. The van der Waals surface area contributed by atoms with Gasteiger partial charge in [0.25, 0.3) is 0 Å². The molecule has 1 unspecified atom stereocenters. The van der Waals surface area contributed by atoms with Crippen LogP contribution in [0.5, 0.6) is 0 Å². The second kappa shape index (κ2) is 14.7. The molecule has 4 heteroatoms. The fraction of sp³-hybridized carbons (Fsp3) is 0.412. The molecule has 1 atom stereocenters. The summed E-state index contributed by atoms with van der Waals surface area (Å²) >= 11 is 0. The van der Waals surface area contributed by atoms with Crippen LogP contribution in [0.4, 0.5) is 5.69 Å². The Labute approximate surface area is 240 Å². The molecule has 3 aromatic rings. The number of quaternary nitrogens is 1. The number of nitrogens with zero attached hydrogens (tertiary/aromatic N) is 1. The lowest BCUT2D eigenvalue weighted by Gasteiger charge is -2.21.